The molecule has 0 aliphatic carbocycles. The van der Waals surface area contributed by atoms with Crippen LogP contribution >= 0.6 is 15.9 Å². The van der Waals surface area contributed by atoms with Gasteiger partial charge in [0, 0.05) is 23.6 Å². The highest BCUT2D eigenvalue weighted by Crippen LogP contribution is 2.22. The van der Waals surface area contributed by atoms with E-state index in [9.17, 15) is 0 Å². The van der Waals surface area contributed by atoms with E-state index in [-0.39, 0.29) is 0 Å². The van der Waals surface area contributed by atoms with Crippen molar-refractivity contribution in [3.05, 3.63) is 28.2 Å². The molecule has 0 aromatic heterocycles. The zero-order valence-electron chi connectivity index (χ0n) is 11.4. The summed E-state index contributed by atoms with van der Waals surface area (Å²) < 4.78 is 6.35. The van der Waals surface area contributed by atoms with Crippen LogP contribution in [0.3, 0.4) is 0 Å². The molecule has 1 aromatic carbocycles. The molecule has 0 radical (unpaired) electrons. The van der Waals surface area contributed by atoms with Gasteiger partial charge in [0.15, 0.2) is 0 Å². The molecule has 0 saturated heterocycles. The van der Waals surface area contributed by atoms with E-state index in [0.29, 0.717) is 6.04 Å². The normalized spacial score (nSPS) is 12.4. The van der Waals surface area contributed by atoms with Gasteiger partial charge in [-0.15, -0.1) is 0 Å². The summed E-state index contributed by atoms with van der Waals surface area (Å²) in [5.74, 6) is 0.895. The van der Waals surface area contributed by atoms with E-state index < -0.39 is 0 Å². The Kier molecular flexibility index (Phi) is 7.32. The third-order valence-corrected chi connectivity index (χ3v) is 3.54. The van der Waals surface area contributed by atoms with E-state index in [1.165, 1.54) is 12.0 Å². The fourth-order valence-corrected chi connectivity index (χ4v) is 2.05. The van der Waals surface area contributed by atoms with Gasteiger partial charge >= 0.3 is 0 Å². The van der Waals surface area contributed by atoms with Crippen LogP contribution in [0.4, 0.5) is 0 Å². The lowest BCUT2D eigenvalue weighted by molar-refractivity contribution is 0.413. The topological polar surface area (TPSA) is 33.3 Å². The molecule has 18 heavy (non-hydrogen) atoms. The Labute approximate surface area is 118 Å². The van der Waals surface area contributed by atoms with Gasteiger partial charge in [0.05, 0.1) is 7.11 Å². The zero-order chi connectivity index (χ0) is 13.4. The van der Waals surface area contributed by atoms with Crippen LogP contribution in [0.15, 0.2) is 22.7 Å². The molecule has 1 aromatic rings. The molecule has 1 unspecified atom stereocenters. The second kappa shape index (κ2) is 8.51. The highest BCUT2D eigenvalue weighted by Gasteiger charge is 2.05. The number of hydrogen-bond donors (Lipinski definition) is 2. The fourth-order valence-electron chi connectivity index (χ4n) is 1.67. The van der Waals surface area contributed by atoms with E-state index >= 15 is 0 Å². The lowest BCUT2D eigenvalue weighted by Gasteiger charge is -2.15. The Bertz CT molecular complexity index is 358. The standard InChI is InChI=1S/C14H23BrN2O/c1-4-7-16-9-11(2)17-10-12-8-13(18-3)5-6-14(12)15/h5-6,8,11,16-17H,4,7,9-10H2,1-3H3. The minimum absolute atomic E-state index is 0.453. The quantitative estimate of drug-likeness (QED) is 0.724. The highest BCUT2D eigenvalue weighted by molar-refractivity contribution is 9.10. The Hall–Kier alpha value is -0.580. The van der Waals surface area contributed by atoms with E-state index in [4.69, 9.17) is 4.74 Å². The molecule has 0 amide bonds. The van der Waals surface area contributed by atoms with Crippen molar-refractivity contribution in [1.29, 1.82) is 0 Å². The second-order valence-corrected chi connectivity index (χ2v) is 5.30. The number of methoxy groups -OCH3 is 1. The van der Waals surface area contributed by atoms with Gasteiger partial charge in [-0.25, -0.2) is 0 Å². The van der Waals surface area contributed by atoms with Crippen LogP contribution in [0.25, 0.3) is 0 Å². The van der Waals surface area contributed by atoms with Crippen molar-refractivity contribution >= 4 is 15.9 Å². The average molecular weight is 315 g/mol. The molecule has 0 bridgehead atoms. The van der Waals surface area contributed by atoms with Crippen LogP contribution in [0.1, 0.15) is 25.8 Å². The molecule has 0 saturated carbocycles. The monoisotopic (exact) mass is 314 g/mol. The van der Waals surface area contributed by atoms with Gasteiger partial charge < -0.3 is 15.4 Å². The number of rotatable bonds is 8. The number of ether oxygens (including phenoxy) is 1. The molecule has 0 fully saturated rings. The minimum Gasteiger partial charge on any atom is -0.497 e. The molecule has 1 rings (SSSR count). The van der Waals surface area contributed by atoms with Gasteiger partial charge in [0.25, 0.3) is 0 Å². The van der Waals surface area contributed by atoms with Crippen molar-refractivity contribution in [3.8, 4) is 5.75 Å². The lowest BCUT2D eigenvalue weighted by atomic mass is 10.2. The van der Waals surface area contributed by atoms with E-state index in [1.807, 2.05) is 12.1 Å². The molecule has 3 nitrogen and oxygen atoms in total. The Balaban J connectivity index is 2.42. The molecular formula is C14H23BrN2O. The summed E-state index contributed by atoms with van der Waals surface area (Å²) in [6, 6.07) is 6.49. The maximum absolute atomic E-state index is 5.24. The van der Waals surface area contributed by atoms with Gasteiger partial charge in [0.2, 0.25) is 0 Å². The molecule has 102 valence electrons. The number of halogens is 1. The van der Waals surface area contributed by atoms with Crippen LogP contribution in [-0.4, -0.2) is 26.2 Å². The molecule has 0 heterocycles. The maximum atomic E-state index is 5.24. The van der Waals surface area contributed by atoms with Crippen molar-refractivity contribution in [2.75, 3.05) is 20.2 Å². The summed E-state index contributed by atoms with van der Waals surface area (Å²) in [6.45, 7) is 7.28. The Morgan fingerprint density at radius 2 is 2.17 bits per heavy atom. The first-order valence-corrected chi connectivity index (χ1v) is 7.23. The van der Waals surface area contributed by atoms with Crippen LogP contribution in [0, 0.1) is 0 Å². The first-order chi connectivity index (χ1) is 8.67. The second-order valence-electron chi connectivity index (χ2n) is 4.44. The van der Waals surface area contributed by atoms with Crippen LogP contribution in [0.5, 0.6) is 5.75 Å². The molecule has 4 heteroatoms. The van der Waals surface area contributed by atoms with Crippen molar-refractivity contribution in [3.63, 3.8) is 0 Å². The van der Waals surface area contributed by atoms with Crippen LogP contribution < -0.4 is 15.4 Å². The maximum Gasteiger partial charge on any atom is 0.119 e. The largest absolute Gasteiger partial charge is 0.497 e. The minimum atomic E-state index is 0.453. The van der Waals surface area contributed by atoms with Gasteiger partial charge in [-0.1, -0.05) is 22.9 Å². The summed E-state index contributed by atoms with van der Waals surface area (Å²) in [5, 5.41) is 6.91. The van der Waals surface area contributed by atoms with Crippen LogP contribution in [0.2, 0.25) is 0 Å². The molecule has 0 aliphatic rings. The van der Waals surface area contributed by atoms with Gasteiger partial charge in [-0.05, 0) is 43.7 Å². The Morgan fingerprint density at radius 1 is 1.39 bits per heavy atom. The lowest BCUT2D eigenvalue weighted by Crippen LogP contribution is -2.36. The summed E-state index contributed by atoms with van der Waals surface area (Å²) >= 11 is 3.56. The molecule has 2 N–H and O–H groups in total. The van der Waals surface area contributed by atoms with E-state index in [0.717, 1.165) is 29.9 Å². The van der Waals surface area contributed by atoms with E-state index in [2.05, 4.69) is 46.5 Å². The summed E-state index contributed by atoms with van der Waals surface area (Å²) in [6.07, 6.45) is 1.17. The van der Waals surface area contributed by atoms with Crippen molar-refractivity contribution in [2.24, 2.45) is 0 Å². The number of nitrogens with one attached hydrogen (secondary N) is 2. The smallest absolute Gasteiger partial charge is 0.119 e. The predicted octanol–water partition coefficient (Wildman–Crippen LogP) is 2.94. The van der Waals surface area contributed by atoms with Crippen molar-refractivity contribution in [1.82, 2.24) is 10.6 Å². The van der Waals surface area contributed by atoms with Crippen LogP contribution in [-0.2, 0) is 6.54 Å². The highest BCUT2D eigenvalue weighted by atomic mass is 79.9. The van der Waals surface area contributed by atoms with Crippen molar-refractivity contribution < 1.29 is 4.74 Å². The first-order valence-electron chi connectivity index (χ1n) is 6.43. The fraction of sp³-hybridized carbons (Fsp3) is 0.571. The third kappa shape index (κ3) is 5.38. The Morgan fingerprint density at radius 3 is 2.83 bits per heavy atom. The SMILES string of the molecule is CCCNCC(C)NCc1cc(OC)ccc1Br. The van der Waals surface area contributed by atoms with Crippen molar-refractivity contribution in [2.45, 2.75) is 32.9 Å². The predicted molar refractivity (Wildman–Crippen MR) is 80.2 cm³/mol. The zero-order valence-corrected chi connectivity index (χ0v) is 13.0. The molecule has 1 atom stereocenters. The first kappa shape index (κ1) is 15.5. The summed E-state index contributed by atoms with van der Waals surface area (Å²) in [5.41, 5.74) is 1.22. The number of hydrogen-bond acceptors (Lipinski definition) is 3. The average Bonchev–Trinajstić information content (AvgIpc) is 2.38. The summed E-state index contributed by atoms with van der Waals surface area (Å²) in [4.78, 5) is 0. The van der Waals surface area contributed by atoms with E-state index in [1.54, 1.807) is 7.11 Å². The molecular weight excluding hydrogens is 292 g/mol. The summed E-state index contributed by atoms with van der Waals surface area (Å²) in [7, 11) is 1.69. The van der Waals surface area contributed by atoms with Gasteiger partial charge in [-0.3, -0.25) is 0 Å². The molecule has 0 spiro atoms. The van der Waals surface area contributed by atoms with Gasteiger partial charge in [-0.2, -0.15) is 0 Å². The molecule has 0 aliphatic heterocycles. The number of benzene rings is 1. The third-order valence-electron chi connectivity index (χ3n) is 2.77. The van der Waals surface area contributed by atoms with Gasteiger partial charge in [0.1, 0.15) is 5.75 Å².